The first kappa shape index (κ1) is 16.5. The minimum atomic E-state index is 0. The Morgan fingerprint density at radius 3 is 2.95 bits per heavy atom. The average Bonchev–Trinajstić information content (AvgIpc) is 2.83. The van der Waals surface area contributed by atoms with E-state index in [1.54, 1.807) is 0 Å². The smallest absolute Gasteiger partial charge is 0.224 e. The fraction of sp³-hybridized carbons (Fsp3) is 0.500. The molecule has 1 aliphatic heterocycles. The van der Waals surface area contributed by atoms with Gasteiger partial charge in [0.15, 0.2) is 0 Å². The van der Waals surface area contributed by atoms with Crippen molar-refractivity contribution in [3.05, 3.63) is 28.2 Å². The maximum absolute atomic E-state index is 11.9. The molecule has 1 amide bonds. The fourth-order valence-corrected chi connectivity index (χ4v) is 2.76. The lowest BCUT2D eigenvalue weighted by molar-refractivity contribution is -0.116. The predicted molar refractivity (Wildman–Crippen MR) is 85.0 cm³/mol. The van der Waals surface area contributed by atoms with Gasteiger partial charge in [-0.2, -0.15) is 0 Å². The molecular formula is C14H20BrClN2O. The Kier molecular flexibility index (Phi) is 6.83. The molecule has 0 spiro atoms. The van der Waals surface area contributed by atoms with Crippen LogP contribution in [0.2, 0.25) is 0 Å². The third kappa shape index (κ3) is 5.13. The van der Waals surface area contributed by atoms with Crippen LogP contribution >= 0.6 is 28.3 Å². The molecule has 5 heteroatoms. The molecule has 0 aromatic heterocycles. The number of aryl methyl sites for hydroxylation is 1. The van der Waals surface area contributed by atoms with E-state index in [-0.39, 0.29) is 18.3 Å². The quantitative estimate of drug-likeness (QED) is 0.873. The van der Waals surface area contributed by atoms with Crippen LogP contribution in [0.3, 0.4) is 0 Å². The van der Waals surface area contributed by atoms with Crippen molar-refractivity contribution in [3.8, 4) is 0 Å². The summed E-state index contributed by atoms with van der Waals surface area (Å²) in [5.41, 5.74) is 1.99. The average molecular weight is 348 g/mol. The van der Waals surface area contributed by atoms with Crippen molar-refractivity contribution in [1.82, 2.24) is 5.32 Å². The summed E-state index contributed by atoms with van der Waals surface area (Å²) in [7, 11) is 0. The van der Waals surface area contributed by atoms with Crippen molar-refractivity contribution in [2.24, 2.45) is 0 Å². The van der Waals surface area contributed by atoms with E-state index in [1.807, 2.05) is 25.1 Å². The van der Waals surface area contributed by atoms with Crippen molar-refractivity contribution in [2.75, 3.05) is 11.9 Å². The second-order valence-corrected chi connectivity index (χ2v) is 5.76. The van der Waals surface area contributed by atoms with Crippen LogP contribution in [0.1, 0.15) is 31.2 Å². The number of rotatable bonds is 4. The molecule has 0 saturated carbocycles. The number of benzene rings is 1. The Hall–Kier alpha value is -0.580. The van der Waals surface area contributed by atoms with Gasteiger partial charge in [-0.1, -0.05) is 15.9 Å². The van der Waals surface area contributed by atoms with E-state index in [0.717, 1.165) is 28.7 Å². The Bertz CT molecular complexity index is 433. The molecule has 1 fully saturated rings. The van der Waals surface area contributed by atoms with Crippen LogP contribution in [0.25, 0.3) is 0 Å². The zero-order valence-corrected chi connectivity index (χ0v) is 13.4. The van der Waals surface area contributed by atoms with E-state index in [0.29, 0.717) is 12.5 Å². The van der Waals surface area contributed by atoms with Gasteiger partial charge in [-0.25, -0.2) is 0 Å². The lowest BCUT2D eigenvalue weighted by Crippen LogP contribution is -2.23. The van der Waals surface area contributed by atoms with Gasteiger partial charge in [0.1, 0.15) is 0 Å². The summed E-state index contributed by atoms with van der Waals surface area (Å²) in [5.74, 6) is 0.106. The number of carbonyl (C=O) groups excluding carboxylic acids is 1. The van der Waals surface area contributed by atoms with Crippen LogP contribution in [0.15, 0.2) is 22.7 Å². The summed E-state index contributed by atoms with van der Waals surface area (Å²) in [6, 6.07) is 6.42. The molecule has 1 atom stereocenters. The maximum atomic E-state index is 11.9. The van der Waals surface area contributed by atoms with Crippen molar-refractivity contribution < 1.29 is 4.79 Å². The van der Waals surface area contributed by atoms with Crippen LogP contribution in [-0.2, 0) is 4.79 Å². The van der Waals surface area contributed by atoms with Crippen molar-refractivity contribution in [2.45, 2.75) is 38.6 Å². The second-order valence-electron chi connectivity index (χ2n) is 4.84. The predicted octanol–water partition coefficient (Wildman–Crippen LogP) is 3.65. The lowest BCUT2D eigenvalue weighted by atomic mass is 10.1. The molecule has 1 aliphatic rings. The first-order valence-electron chi connectivity index (χ1n) is 6.44. The zero-order chi connectivity index (χ0) is 13.0. The number of halogens is 2. The minimum absolute atomic E-state index is 0. The summed E-state index contributed by atoms with van der Waals surface area (Å²) in [6.45, 7) is 3.09. The highest BCUT2D eigenvalue weighted by molar-refractivity contribution is 9.10. The molecule has 0 radical (unpaired) electrons. The van der Waals surface area contributed by atoms with E-state index in [9.17, 15) is 4.79 Å². The molecule has 0 aliphatic carbocycles. The molecule has 1 aromatic carbocycles. The molecule has 2 N–H and O–H groups in total. The highest BCUT2D eigenvalue weighted by Gasteiger charge is 2.15. The van der Waals surface area contributed by atoms with Crippen molar-refractivity contribution >= 4 is 39.9 Å². The van der Waals surface area contributed by atoms with Crippen LogP contribution in [0, 0.1) is 6.92 Å². The molecule has 19 heavy (non-hydrogen) atoms. The van der Waals surface area contributed by atoms with Crippen LogP contribution in [0.4, 0.5) is 5.69 Å². The molecule has 2 rings (SSSR count). The summed E-state index contributed by atoms with van der Waals surface area (Å²) >= 11 is 3.42. The number of carbonyl (C=O) groups is 1. The SMILES string of the molecule is Cc1cc(Br)ccc1NC(=O)CCC1CCCN1.Cl. The van der Waals surface area contributed by atoms with Crippen molar-refractivity contribution in [1.29, 1.82) is 0 Å². The molecule has 106 valence electrons. The molecule has 0 bridgehead atoms. The molecule has 1 heterocycles. The van der Waals surface area contributed by atoms with Gasteiger partial charge in [0.25, 0.3) is 0 Å². The lowest BCUT2D eigenvalue weighted by Gasteiger charge is -2.11. The van der Waals surface area contributed by atoms with E-state index in [4.69, 9.17) is 0 Å². The number of anilines is 1. The maximum Gasteiger partial charge on any atom is 0.224 e. The highest BCUT2D eigenvalue weighted by Crippen LogP contribution is 2.20. The number of amides is 1. The highest BCUT2D eigenvalue weighted by atomic mass is 79.9. The molecular weight excluding hydrogens is 328 g/mol. The van der Waals surface area contributed by atoms with Gasteiger partial charge >= 0.3 is 0 Å². The normalized spacial score (nSPS) is 17.9. The number of hydrogen-bond donors (Lipinski definition) is 2. The van der Waals surface area contributed by atoms with E-state index < -0.39 is 0 Å². The van der Waals surface area contributed by atoms with Gasteiger partial charge in [-0.3, -0.25) is 4.79 Å². The molecule has 1 saturated heterocycles. The second kappa shape index (κ2) is 7.88. The largest absolute Gasteiger partial charge is 0.326 e. The van der Waals surface area contributed by atoms with Crippen LogP contribution in [-0.4, -0.2) is 18.5 Å². The summed E-state index contributed by atoms with van der Waals surface area (Å²) in [4.78, 5) is 11.9. The van der Waals surface area contributed by atoms with Gasteiger partial charge in [0.2, 0.25) is 5.91 Å². The van der Waals surface area contributed by atoms with Crippen LogP contribution < -0.4 is 10.6 Å². The van der Waals surface area contributed by atoms with Crippen LogP contribution in [0.5, 0.6) is 0 Å². The van der Waals surface area contributed by atoms with Gasteiger partial charge in [0, 0.05) is 22.6 Å². The van der Waals surface area contributed by atoms with Crippen molar-refractivity contribution in [3.63, 3.8) is 0 Å². The molecule has 1 aromatic rings. The van der Waals surface area contributed by atoms with Gasteiger partial charge in [-0.05, 0) is 56.5 Å². The first-order valence-corrected chi connectivity index (χ1v) is 7.24. The van der Waals surface area contributed by atoms with E-state index in [2.05, 4.69) is 26.6 Å². The Morgan fingerprint density at radius 2 is 2.32 bits per heavy atom. The first-order chi connectivity index (χ1) is 8.65. The minimum Gasteiger partial charge on any atom is -0.326 e. The summed E-state index contributed by atoms with van der Waals surface area (Å²) in [5, 5.41) is 6.38. The molecule has 1 unspecified atom stereocenters. The fourth-order valence-electron chi connectivity index (χ4n) is 2.29. The number of hydrogen-bond acceptors (Lipinski definition) is 2. The van der Waals surface area contributed by atoms with E-state index >= 15 is 0 Å². The topological polar surface area (TPSA) is 41.1 Å². The Balaban J connectivity index is 0.00000180. The Morgan fingerprint density at radius 1 is 1.53 bits per heavy atom. The standard InChI is InChI=1S/C14H19BrN2O.ClH/c1-10-9-11(15)4-6-13(10)17-14(18)7-5-12-3-2-8-16-12;/h4,6,9,12,16H,2-3,5,7-8H2,1H3,(H,17,18);1H. The van der Waals surface area contributed by atoms with Gasteiger partial charge < -0.3 is 10.6 Å². The van der Waals surface area contributed by atoms with Gasteiger partial charge in [0.05, 0.1) is 0 Å². The van der Waals surface area contributed by atoms with E-state index in [1.165, 1.54) is 12.8 Å². The monoisotopic (exact) mass is 346 g/mol. The Labute approximate surface area is 129 Å². The molecule has 3 nitrogen and oxygen atoms in total. The third-order valence-electron chi connectivity index (χ3n) is 3.34. The third-order valence-corrected chi connectivity index (χ3v) is 3.84. The zero-order valence-electron chi connectivity index (χ0n) is 11.0. The summed E-state index contributed by atoms with van der Waals surface area (Å²) < 4.78 is 1.04. The number of nitrogens with one attached hydrogen (secondary N) is 2. The van der Waals surface area contributed by atoms with Gasteiger partial charge in [-0.15, -0.1) is 12.4 Å². The summed E-state index contributed by atoms with van der Waals surface area (Å²) in [6.07, 6.45) is 3.96.